The van der Waals surface area contributed by atoms with Gasteiger partial charge in [-0.25, -0.2) is 4.79 Å². The third-order valence-electron chi connectivity index (χ3n) is 3.07. The number of nitrogens with zero attached hydrogens (tertiary/aromatic N) is 1. The lowest BCUT2D eigenvalue weighted by atomic mass is 10.1. The van der Waals surface area contributed by atoms with Gasteiger partial charge < -0.3 is 11.1 Å². The molecule has 6 heteroatoms. The topological polar surface area (TPSA) is 92.9 Å². The first-order valence-corrected chi connectivity index (χ1v) is 6.90. The number of nitrogens with one attached hydrogen (secondary N) is 2. The molecule has 0 saturated carbocycles. The summed E-state index contributed by atoms with van der Waals surface area (Å²) in [5.41, 5.74) is 5.34. The van der Waals surface area contributed by atoms with E-state index in [9.17, 15) is 9.59 Å². The molecule has 0 aliphatic heterocycles. The molecule has 1 aromatic rings. The van der Waals surface area contributed by atoms with Gasteiger partial charge >= 0.3 is 5.69 Å². The van der Waals surface area contributed by atoms with Crippen molar-refractivity contribution >= 4 is 11.5 Å². The SMILES string of the molecule is CCCCC(C)Nc1c(N)n(CCC)c(=O)[nH]c1=O. The molecular weight excluding hydrogens is 244 g/mol. The summed E-state index contributed by atoms with van der Waals surface area (Å²) >= 11 is 0. The van der Waals surface area contributed by atoms with Crippen molar-refractivity contribution in [2.24, 2.45) is 0 Å². The van der Waals surface area contributed by atoms with Crippen molar-refractivity contribution in [1.82, 2.24) is 9.55 Å². The minimum atomic E-state index is -0.448. The molecule has 108 valence electrons. The molecule has 1 unspecified atom stereocenters. The highest BCUT2D eigenvalue weighted by Crippen LogP contribution is 2.13. The minimum absolute atomic E-state index is 0.149. The minimum Gasteiger partial charge on any atom is -0.383 e. The molecule has 0 saturated heterocycles. The van der Waals surface area contributed by atoms with Gasteiger partial charge in [0, 0.05) is 12.6 Å². The molecule has 1 aromatic heterocycles. The van der Waals surface area contributed by atoms with Crippen LogP contribution in [-0.4, -0.2) is 15.6 Å². The summed E-state index contributed by atoms with van der Waals surface area (Å²) in [5.74, 6) is 0.221. The maximum atomic E-state index is 11.8. The molecule has 1 rings (SSSR count). The average molecular weight is 268 g/mol. The molecule has 6 nitrogen and oxygen atoms in total. The summed E-state index contributed by atoms with van der Waals surface area (Å²) in [6.07, 6.45) is 3.93. The van der Waals surface area contributed by atoms with Gasteiger partial charge in [-0.15, -0.1) is 0 Å². The monoisotopic (exact) mass is 268 g/mol. The number of aromatic nitrogens is 2. The molecule has 1 atom stereocenters. The zero-order valence-corrected chi connectivity index (χ0v) is 12.0. The van der Waals surface area contributed by atoms with E-state index < -0.39 is 11.2 Å². The molecule has 0 fully saturated rings. The van der Waals surface area contributed by atoms with Crippen LogP contribution < -0.4 is 22.3 Å². The quantitative estimate of drug-likeness (QED) is 0.699. The lowest BCUT2D eigenvalue weighted by Crippen LogP contribution is -2.35. The van der Waals surface area contributed by atoms with Crippen LogP contribution >= 0.6 is 0 Å². The van der Waals surface area contributed by atoms with Gasteiger partial charge in [0.25, 0.3) is 5.56 Å². The number of nitrogen functional groups attached to an aromatic ring is 1. The van der Waals surface area contributed by atoms with E-state index in [1.807, 2.05) is 13.8 Å². The number of hydrogen-bond donors (Lipinski definition) is 3. The largest absolute Gasteiger partial charge is 0.383 e. The van der Waals surface area contributed by atoms with Crippen LogP contribution in [0.2, 0.25) is 0 Å². The predicted octanol–water partition coefficient (Wildman–Crippen LogP) is 1.52. The second-order valence-electron chi connectivity index (χ2n) is 4.86. The summed E-state index contributed by atoms with van der Waals surface area (Å²) in [6.45, 7) is 6.58. The Morgan fingerprint density at radius 1 is 1.32 bits per heavy atom. The van der Waals surface area contributed by atoms with Crippen molar-refractivity contribution < 1.29 is 0 Å². The highest BCUT2D eigenvalue weighted by Gasteiger charge is 2.13. The van der Waals surface area contributed by atoms with Gasteiger partial charge in [0.15, 0.2) is 0 Å². The van der Waals surface area contributed by atoms with Crippen LogP contribution in [0.1, 0.15) is 46.5 Å². The average Bonchev–Trinajstić information content (AvgIpc) is 2.37. The van der Waals surface area contributed by atoms with Crippen LogP contribution in [0.15, 0.2) is 9.59 Å². The van der Waals surface area contributed by atoms with Gasteiger partial charge in [-0.2, -0.15) is 0 Å². The van der Waals surface area contributed by atoms with Crippen LogP contribution in [-0.2, 0) is 6.54 Å². The number of H-pyrrole nitrogens is 1. The fourth-order valence-electron chi connectivity index (χ4n) is 2.00. The summed E-state index contributed by atoms with van der Waals surface area (Å²) < 4.78 is 1.40. The van der Waals surface area contributed by atoms with E-state index in [0.29, 0.717) is 12.2 Å². The first-order chi connectivity index (χ1) is 9.01. The maximum absolute atomic E-state index is 11.8. The molecule has 0 aromatic carbocycles. The number of rotatable bonds is 7. The summed E-state index contributed by atoms with van der Waals surface area (Å²) in [6, 6.07) is 0.149. The van der Waals surface area contributed by atoms with Crippen molar-refractivity contribution in [3.63, 3.8) is 0 Å². The molecule has 0 bridgehead atoms. The second kappa shape index (κ2) is 7.01. The van der Waals surface area contributed by atoms with E-state index >= 15 is 0 Å². The van der Waals surface area contributed by atoms with Crippen molar-refractivity contribution in [2.75, 3.05) is 11.1 Å². The Labute approximate surface area is 113 Å². The van der Waals surface area contributed by atoms with Crippen LogP contribution in [0.5, 0.6) is 0 Å². The molecule has 1 heterocycles. The van der Waals surface area contributed by atoms with Crippen molar-refractivity contribution in [3.05, 3.63) is 20.8 Å². The molecule has 0 amide bonds. The fraction of sp³-hybridized carbons (Fsp3) is 0.692. The van der Waals surface area contributed by atoms with E-state index in [-0.39, 0.29) is 11.9 Å². The Morgan fingerprint density at radius 2 is 2.00 bits per heavy atom. The maximum Gasteiger partial charge on any atom is 0.330 e. The summed E-state index contributed by atoms with van der Waals surface area (Å²) in [7, 11) is 0. The van der Waals surface area contributed by atoms with Crippen molar-refractivity contribution in [2.45, 2.75) is 59.0 Å². The molecule has 0 spiro atoms. The zero-order chi connectivity index (χ0) is 14.4. The Balaban J connectivity index is 3.03. The molecule has 0 aliphatic carbocycles. The van der Waals surface area contributed by atoms with Crippen LogP contribution in [0.3, 0.4) is 0 Å². The van der Waals surface area contributed by atoms with Gasteiger partial charge in [0.1, 0.15) is 11.5 Å². The summed E-state index contributed by atoms with van der Waals surface area (Å²) in [4.78, 5) is 25.8. The molecular formula is C13H24N4O2. The van der Waals surface area contributed by atoms with Crippen molar-refractivity contribution in [3.8, 4) is 0 Å². The second-order valence-corrected chi connectivity index (χ2v) is 4.86. The number of aromatic amines is 1. The van der Waals surface area contributed by atoms with Gasteiger partial charge in [0.05, 0.1) is 0 Å². The van der Waals surface area contributed by atoms with Gasteiger partial charge in [0.2, 0.25) is 0 Å². The predicted molar refractivity (Wildman–Crippen MR) is 78.6 cm³/mol. The Kier molecular flexibility index (Phi) is 5.66. The molecule has 4 N–H and O–H groups in total. The van der Waals surface area contributed by atoms with Crippen LogP contribution in [0.25, 0.3) is 0 Å². The summed E-state index contributed by atoms with van der Waals surface area (Å²) in [5, 5.41) is 3.11. The Morgan fingerprint density at radius 3 is 2.58 bits per heavy atom. The Bertz CT molecular complexity index is 518. The number of nitrogens with two attached hydrogens (primary N) is 1. The van der Waals surface area contributed by atoms with Gasteiger partial charge in [-0.1, -0.05) is 26.7 Å². The standard InChI is InChI=1S/C13H24N4O2/c1-4-6-7-9(3)15-10-11(14)17(8-5-2)13(19)16-12(10)18/h9,15H,4-8,14H2,1-3H3,(H,16,18,19). The van der Waals surface area contributed by atoms with Gasteiger partial charge in [-0.05, 0) is 19.8 Å². The third-order valence-corrected chi connectivity index (χ3v) is 3.07. The van der Waals surface area contributed by atoms with E-state index in [1.165, 1.54) is 4.57 Å². The fourth-order valence-corrected chi connectivity index (χ4v) is 2.00. The molecule has 0 aliphatic rings. The number of anilines is 2. The van der Waals surface area contributed by atoms with Crippen LogP contribution in [0.4, 0.5) is 11.5 Å². The highest BCUT2D eigenvalue weighted by molar-refractivity contribution is 5.60. The number of unbranched alkanes of at least 4 members (excludes halogenated alkanes) is 1. The first kappa shape index (κ1) is 15.3. The molecule has 19 heavy (non-hydrogen) atoms. The highest BCUT2D eigenvalue weighted by atomic mass is 16.2. The van der Waals surface area contributed by atoms with Crippen molar-refractivity contribution in [1.29, 1.82) is 0 Å². The smallest absolute Gasteiger partial charge is 0.330 e. The van der Waals surface area contributed by atoms with E-state index in [0.717, 1.165) is 25.7 Å². The van der Waals surface area contributed by atoms with E-state index in [1.54, 1.807) is 0 Å². The molecule has 0 radical (unpaired) electrons. The first-order valence-electron chi connectivity index (χ1n) is 6.90. The third kappa shape index (κ3) is 3.87. The van der Waals surface area contributed by atoms with Crippen LogP contribution in [0, 0.1) is 0 Å². The normalized spacial score (nSPS) is 12.4. The van der Waals surface area contributed by atoms with E-state index in [2.05, 4.69) is 17.2 Å². The van der Waals surface area contributed by atoms with Gasteiger partial charge in [-0.3, -0.25) is 14.3 Å². The lowest BCUT2D eigenvalue weighted by Gasteiger charge is -2.17. The van der Waals surface area contributed by atoms with E-state index in [4.69, 9.17) is 5.73 Å². The zero-order valence-electron chi connectivity index (χ0n) is 12.0. The lowest BCUT2D eigenvalue weighted by molar-refractivity contribution is 0.629. The number of hydrogen-bond acceptors (Lipinski definition) is 4. The Hall–Kier alpha value is -1.72.